The number of fused-ring (bicyclic) bond motifs is 2. The summed E-state index contributed by atoms with van der Waals surface area (Å²) in [5.74, 6) is 0.791. The number of aliphatic hydroxyl groups excluding tert-OH is 1. The van der Waals surface area contributed by atoms with Gasteiger partial charge in [-0.3, -0.25) is 4.90 Å². The van der Waals surface area contributed by atoms with Gasteiger partial charge in [0.25, 0.3) is 0 Å². The van der Waals surface area contributed by atoms with E-state index in [4.69, 9.17) is 33.0 Å². The molecule has 0 unspecified atom stereocenters. The Balaban J connectivity index is 1.64. The lowest BCUT2D eigenvalue weighted by atomic mass is 9.99. The van der Waals surface area contributed by atoms with Crippen molar-refractivity contribution < 1.29 is 9.84 Å². The van der Waals surface area contributed by atoms with Crippen molar-refractivity contribution in [2.24, 2.45) is 0 Å². The van der Waals surface area contributed by atoms with Gasteiger partial charge in [-0.25, -0.2) is 0 Å². The molecule has 1 aromatic rings. The number of ether oxygens (including phenoxy) is 1. The van der Waals surface area contributed by atoms with Gasteiger partial charge >= 0.3 is 0 Å². The Bertz CT molecular complexity index is 469. The second-order valence-electron chi connectivity index (χ2n) is 5.63. The van der Waals surface area contributed by atoms with E-state index in [2.05, 4.69) is 4.90 Å². The van der Waals surface area contributed by atoms with Gasteiger partial charge in [-0.2, -0.15) is 0 Å². The molecular formula is C15H19Cl2NO2. The van der Waals surface area contributed by atoms with Crippen LogP contribution in [-0.2, 0) is 0 Å². The van der Waals surface area contributed by atoms with Crippen LogP contribution in [0.2, 0.25) is 10.0 Å². The van der Waals surface area contributed by atoms with Gasteiger partial charge in [0.2, 0.25) is 0 Å². The van der Waals surface area contributed by atoms with Crippen LogP contribution < -0.4 is 4.74 Å². The summed E-state index contributed by atoms with van der Waals surface area (Å²) < 4.78 is 6.07. The molecule has 0 radical (unpaired) electrons. The average molecular weight is 316 g/mol. The van der Waals surface area contributed by atoms with Crippen LogP contribution in [0.3, 0.4) is 0 Å². The average Bonchev–Trinajstić information content (AvgIpc) is 2.67. The molecule has 1 aromatic carbocycles. The molecule has 2 bridgehead atoms. The van der Waals surface area contributed by atoms with Crippen LogP contribution in [0.25, 0.3) is 0 Å². The topological polar surface area (TPSA) is 32.7 Å². The standard InChI is InChI=1S/C15H19Cl2NO2/c16-14-4-3-12(9-15(14)17)20-13-7-10-1-2-11(8-13)18(10)5-6-19/h3-4,9-11,13,19H,1-2,5-8H2/t10-,11+,13-. The summed E-state index contributed by atoms with van der Waals surface area (Å²) in [6.45, 7) is 1.03. The summed E-state index contributed by atoms with van der Waals surface area (Å²) in [6, 6.07) is 6.53. The minimum absolute atomic E-state index is 0.236. The van der Waals surface area contributed by atoms with E-state index in [-0.39, 0.29) is 12.7 Å². The van der Waals surface area contributed by atoms with E-state index in [1.54, 1.807) is 12.1 Å². The van der Waals surface area contributed by atoms with Crippen molar-refractivity contribution in [3.8, 4) is 5.75 Å². The molecule has 110 valence electrons. The minimum atomic E-state index is 0.236. The number of halogens is 2. The monoisotopic (exact) mass is 315 g/mol. The van der Waals surface area contributed by atoms with E-state index >= 15 is 0 Å². The molecule has 2 fully saturated rings. The zero-order valence-corrected chi connectivity index (χ0v) is 12.8. The largest absolute Gasteiger partial charge is 0.490 e. The van der Waals surface area contributed by atoms with Crippen LogP contribution >= 0.6 is 23.2 Å². The predicted molar refractivity (Wildman–Crippen MR) is 80.7 cm³/mol. The van der Waals surface area contributed by atoms with E-state index in [1.165, 1.54) is 12.8 Å². The molecule has 0 amide bonds. The summed E-state index contributed by atoms with van der Waals surface area (Å²) in [5, 5.41) is 10.2. The van der Waals surface area contributed by atoms with Crippen LogP contribution in [0, 0.1) is 0 Å². The van der Waals surface area contributed by atoms with Crippen LogP contribution in [-0.4, -0.2) is 41.3 Å². The van der Waals surface area contributed by atoms with Crippen molar-refractivity contribution in [2.75, 3.05) is 13.2 Å². The Kier molecular flexibility index (Phi) is 4.41. The molecule has 0 saturated carbocycles. The van der Waals surface area contributed by atoms with Crippen LogP contribution in [0.5, 0.6) is 5.75 Å². The first kappa shape index (κ1) is 14.5. The Morgan fingerprint density at radius 3 is 2.45 bits per heavy atom. The molecule has 20 heavy (non-hydrogen) atoms. The van der Waals surface area contributed by atoms with E-state index in [0.717, 1.165) is 25.1 Å². The number of rotatable bonds is 4. The smallest absolute Gasteiger partial charge is 0.121 e. The molecule has 3 rings (SSSR count). The highest BCUT2D eigenvalue weighted by Crippen LogP contribution is 2.37. The van der Waals surface area contributed by atoms with Crippen molar-refractivity contribution in [1.82, 2.24) is 4.90 Å². The molecule has 0 spiro atoms. The van der Waals surface area contributed by atoms with Gasteiger partial charge in [-0.05, 0) is 37.8 Å². The maximum Gasteiger partial charge on any atom is 0.121 e. The second kappa shape index (κ2) is 6.10. The predicted octanol–water partition coefficient (Wildman–Crippen LogP) is 3.36. The SMILES string of the molecule is OCCN1[C@@H]2CC[C@H]1C[C@H](Oc1ccc(Cl)c(Cl)c1)C2. The van der Waals surface area contributed by atoms with Gasteiger partial charge in [0.1, 0.15) is 11.9 Å². The molecule has 0 aromatic heterocycles. The lowest BCUT2D eigenvalue weighted by Crippen LogP contribution is -2.47. The van der Waals surface area contributed by atoms with E-state index in [9.17, 15) is 0 Å². The maximum atomic E-state index is 9.14. The number of nitrogens with zero attached hydrogens (tertiary/aromatic N) is 1. The van der Waals surface area contributed by atoms with Gasteiger partial charge in [0, 0.05) is 24.7 Å². The first-order valence-corrected chi connectivity index (χ1v) is 7.91. The molecule has 3 nitrogen and oxygen atoms in total. The van der Waals surface area contributed by atoms with Crippen molar-refractivity contribution in [3.63, 3.8) is 0 Å². The van der Waals surface area contributed by atoms with Crippen molar-refractivity contribution in [1.29, 1.82) is 0 Å². The fourth-order valence-electron chi connectivity index (χ4n) is 3.54. The number of hydrogen-bond donors (Lipinski definition) is 1. The van der Waals surface area contributed by atoms with Crippen molar-refractivity contribution >= 4 is 23.2 Å². The van der Waals surface area contributed by atoms with Gasteiger partial charge in [-0.1, -0.05) is 23.2 Å². The number of hydrogen-bond acceptors (Lipinski definition) is 3. The highest BCUT2D eigenvalue weighted by atomic mass is 35.5. The van der Waals surface area contributed by atoms with Crippen molar-refractivity contribution in [3.05, 3.63) is 28.2 Å². The van der Waals surface area contributed by atoms with E-state index in [1.807, 2.05) is 6.07 Å². The third-order valence-corrected chi connectivity index (χ3v) is 5.13. The Labute approximate surface area is 129 Å². The first-order valence-electron chi connectivity index (χ1n) is 7.15. The first-order chi connectivity index (χ1) is 9.67. The van der Waals surface area contributed by atoms with Crippen LogP contribution in [0.1, 0.15) is 25.7 Å². The van der Waals surface area contributed by atoms with E-state index in [0.29, 0.717) is 22.1 Å². The van der Waals surface area contributed by atoms with Crippen LogP contribution in [0.4, 0.5) is 0 Å². The molecule has 5 heteroatoms. The van der Waals surface area contributed by atoms with Gasteiger partial charge in [0.15, 0.2) is 0 Å². The van der Waals surface area contributed by atoms with Gasteiger partial charge in [-0.15, -0.1) is 0 Å². The molecule has 2 heterocycles. The summed E-state index contributed by atoms with van der Waals surface area (Å²) >= 11 is 11.9. The minimum Gasteiger partial charge on any atom is -0.490 e. The quantitative estimate of drug-likeness (QED) is 0.924. The Morgan fingerprint density at radius 1 is 1.15 bits per heavy atom. The molecular weight excluding hydrogens is 297 g/mol. The Morgan fingerprint density at radius 2 is 1.85 bits per heavy atom. The van der Waals surface area contributed by atoms with Crippen LogP contribution in [0.15, 0.2) is 18.2 Å². The van der Waals surface area contributed by atoms with Gasteiger partial charge < -0.3 is 9.84 Å². The zero-order chi connectivity index (χ0) is 14.1. The molecule has 2 aliphatic rings. The zero-order valence-electron chi connectivity index (χ0n) is 11.3. The summed E-state index contributed by atoms with van der Waals surface area (Å²) in [5.41, 5.74) is 0. The highest BCUT2D eigenvalue weighted by molar-refractivity contribution is 6.42. The molecule has 3 atom stereocenters. The fourth-order valence-corrected chi connectivity index (χ4v) is 3.83. The fraction of sp³-hybridized carbons (Fsp3) is 0.600. The number of aliphatic hydroxyl groups is 1. The lowest BCUT2D eigenvalue weighted by Gasteiger charge is -2.38. The Hall–Kier alpha value is -0.480. The highest BCUT2D eigenvalue weighted by Gasteiger charge is 2.41. The number of piperidine rings is 1. The molecule has 2 aliphatic heterocycles. The molecule has 2 saturated heterocycles. The molecule has 0 aliphatic carbocycles. The second-order valence-corrected chi connectivity index (χ2v) is 6.45. The molecule has 1 N–H and O–H groups in total. The lowest BCUT2D eigenvalue weighted by molar-refractivity contribution is 0.0391. The normalized spacial score (nSPS) is 29.6. The summed E-state index contributed by atoms with van der Waals surface area (Å²) in [4.78, 5) is 2.44. The third-order valence-electron chi connectivity index (χ3n) is 4.39. The number of benzene rings is 1. The maximum absolute atomic E-state index is 9.14. The van der Waals surface area contributed by atoms with E-state index < -0.39 is 0 Å². The summed E-state index contributed by atoms with van der Waals surface area (Å²) in [6.07, 6.45) is 4.71. The summed E-state index contributed by atoms with van der Waals surface area (Å²) in [7, 11) is 0. The third kappa shape index (κ3) is 2.91. The van der Waals surface area contributed by atoms with Crippen molar-refractivity contribution in [2.45, 2.75) is 43.9 Å². The van der Waals surface area contributed by atoms with Gasteiger partial charge in [0.05, 0.1) is 16.7 Å².